The summed E-state index contributed by atoms with van der Waals surface area (Å²) in [6.45, 7) is 6.36. The molecule has 0 radical (unpaired) electrons. The maximum Gasteiger partial charge on any atom is 0.270 e. The number of nitrogens with one attached hydrogen (secondary N) is 2. The molecule has 5 nitrogen and oxygen atoms in total. The van der Waals surface area contributed by atoms with Crippen molar-refractivity contribution < 1.29 is 4.79 Å². The van der Waals surface area contributed by atoms with Gasteiger partial charge in [-0.05, 0) is 55.7 Å². The van der Waals surface area contributed by atoms with Crippen molar-refractivity contribution in [1.82, 2.24) is 15.3 Å². The molecule has 1 aromatic heterocycles. The van der Waals surface area contributed by atoms with E-state index in [4.69, 9.17) is 0 Å². The van der Waals surface area contributed by atoms with Crippen LogP contribution in [0.15, 0.2) is 54.6 Å². The molecule has 0 aliphatic rings. The molecule has 0 saturated carbocycles. The highest BCUT2D eigenvalue weighted by molar-refractivity contribution is 5.92. The van der Waals surface area contributed by atoms with Gasteiger partial charge in [-0.1, -0.05) is 36.4 Å². The molecule has 0 aliphatic carbocycles. The SMILES string of the molecule is Cc1cccc(Nc2nc(C)cc(C(=O)NCc3ccccc3C)n2)c1. The van der Waals surface area contributed by atoms with Crippen molar-refractivity contribution >= 4 is 17.5 Å². The lowest BCUT2D eigenvalue weighted by Gasteiger charge is -2.10. The van der Waals surface area contributed by atoms with Crippen molar-refractivity contribution in [2.24, 2.45) is 0 Å². The highest BCUT2D eigenvalue weighted by Gasteiger charge is 2.11. The van der Waals surface area contributed by atoms with Crippen molar-refractivity contribution in [3.05, 3.63) is 82.7 Å². The molecule has 0 aliphatic heterocycles. The summed E-state index contributed by atoms with van der Waals surface area (Å²) in [4.78, 5) is 21.2. The Balaban J connectivity index is 1.74. The minimum atomic E-state index is -0.217. The smallest absolute Gasteiger partial charge is 0.270 e. The zero-order valence-electron chi connectivity index (χ0n) is 15.2. The van der Waals surface area contributed by atoms with Crippen LogP contribution in [-0.4, -0.2) is 15.9 Å². The number of amides is 1. The quantitative estimate of drug-likeness (QED) is 0.731. The molecular weight excluding hydrogens is 324 g/mol. The molecule has 2 aromatic carbocycles. The van der Waals surface area contributed by atoms with Gasteiger partial charge in [0.2, 0.25) is 5.95 Å². The number of benzene rings is 2. The largest absolute Gasteiger partial charge is 0.347 e. The summed E-state index contributed by atoms with van der Waals surface area (Å²) >= 11 is 0. The number of aryl methyl sites for hydroxylation is 3. The fourth-order valence-electron chi connectivity index (χ4n) is 2.67. The van der Waals surface area contributed by atoms with E-state index in [9.17, 15) is 4.79 Å². The lowest BCUT2D eigenvalue weighted by atomic mass is 10.1. The van der Waals surface area contributed by atoms with Crippen molar-refractivity contribution in [1.29, 1.82) is 0 Å². The van der Waals surface area contributed by atoms with E-state index in [0.717, 1.165) is 28.1 Å². The Morgan fingerprint density at radius 1 is 0.962 bits per heavy atom. The molecule has 0 spiro atoms. The first-order valence-electron chi connectivity index (χ1n) is 8.53. The number of nitrogens with zero attached hydrogens (tertiary/aromatic N) is 2. The Kier molecular flexibility index (Phi) is 5.27. The Hall–Kier alpha value is -3.21. The van der Waals surface area contributed by atoms with Crippen LogP contribution in [-0.2, 0) is 6.54 Å². The Bertz CT molecular complexity index is 937. The predicted octanol–water partition coefficient (Wildman–Crippen LogP) is 4.08. The van der Waals surface area contributed by atoms with Gasteiger partial charge in [0.25, 0.3) is 5.91 Å². The van der Waals surface area contributed by atoms with E-state index >= 15 is 0 Å². The molecule has 5 heteroatoms. The van der Waals surface area contributed by atoms with E-state index in [1.54, 1.807) is 6.07 Å². The molecule has 0 unspecified atom stereocenters. The first-order chi connectivity index (χ1) is 12.5. The second-order valence-electron chi connectivity index (χ2n) is 6.32. The van der Waals surface area contributed by atoms with Crippen molar-refractivity contribution in [2.45, 2.75) is 27.3 Å². The lowest BCUT2D eigenvalue weighted by molar-refractivity contribution is 0.0945. The standard InChI is InChI=1S/C21H22N4O/c1-14-7-6-10-18(11-14)24-21-23-16(3)12-19(25-21)20(26)22-13-17-9-5-4-8-15(17)2/h4-12H,13H2,1-3H3,(H,22,26)(H,23,24,25). The first kappa shape index (κ1) is 17.6. The third-order valence-electron chi connectivity index (χ3n) is 4.06. The van der Waals surface area contributed by atoms with E-state index < -0.39 is 0 Å². The molecule has 1 amide bonds. The molecule has 3 rings (SSSR count). The molecular formula is C21H22N4O. The average Bonchev–Trinajstić information content (AvgIpc) is 2.60. The summed E-state index contributed by atoms with van der Waals surface area (Å²) in [7, 11) is 0. The van der Waals surface area contributed by atoms with Crippen molar-refractivity contribution in [3.8, 4) is 0 Å². The lowest BCUT2D eigenvalue weighted by Crippen LogP contribution is -2.24. The first-order valence-corrected chi connectivity index (χ1v) is 8.53. The minimum absolute atomic E-state index is 0.217. The zero-order valence-corrected chi connectivity index (χ0v) is 15.2. The van der Waals surface area contributed by atoms with Gasteiger partial charge in [-0.2, -0.15) is 0 Å². The number of carbonyl (C=O) groups is 1. The van der Waals surface area contributed by atoms with E-state index in [1.165, 1.54) is 0 Å². The number of hydrogen-bond acceptors (Lipinski definition) is 4. The molecule has 0 bridgehead atoms. The van der Waals surface area contributed by atoms with E-state index in [1.807, 2.05) is 69.3 Å². The van der Waals surface area contributed by atoms with Gasteiger partial charge in [-0.15, -0.1) is 0 Å². The van der Waals surface area contributed by atoms with Gasteiger partial charge in [-0.3, -0.25) is 4.79 Å². The van der Waals surface area contributed by atoms with Crippen LogP contribution >= 0.6 is 0 Å². The minimum Gasteiger partial charge on any atom is -0.347 e. The van der Waals surface area contributed by atoms with Gasteiger partial charge < -0.3 is 10.6 Å². The van der Waals surface area contributed by atoms with Gasteiger partial charge in [0, 0.05) is 17.9 Å². The molecule has 0 fully saturated rings. The summed E-state index contributed by atoms with van der Waals surface area (Å²) in [5.41, 5.74) is 5.34. The summed E-state index contributed by atoms with van der Waals surface area (Å²) in [6.07, 6.45) is 0. The molecule has 26 heavy (non-hydrogen) atoms. The van der Waals surface area contributed by atoms with Crippen LogP contribution in [0.4, 0.5) is 11.6 Å². The summed E-state index contributed by atoms with van der Waals surface area (Å²) in [6, 6.07) is 17.6. The van der Waals surface area contributed by atoms with Crippen LogP contribution in [0.2, 0.25) is 0 Å². The Labute approximate surface area is 153 Å². The van der Waals surface area contributed by atoms with E-state index in [-0.39, 0.29) is 5.91 Å². The number of hydrogen-bond donors (Lipinski definition) is 2. The van der Waals surface area contributed by atoms with E-state index in [0.29, 0.717) is 18.2 Å². The van der Waals surface area contributed by atoms with Crippen LogP contribution in [0.1, 0.15) is 32.9 Å². The van der Waals surface area contributed by atoms with Crippen molar-refractivity contribution in [3.63, 3.8) is 0 Å². The second kappa shape index (κ2) is 7.78. The van der Waals surface area contributed by atoms with Crippen molar-refractivity contribution in [2.75, 3.05) is 5.32 Å². The maximum absolute atomic E-state index is 12.5. The van der Waals surface area contributed by atoms with Gasteiger partial charge >= 0.3 is 0 Å². The average molecular weight is 346 g/mol. The highest BCUT2D eigenvalue weighted by atomic mass is 16.1. The number of anilines is 2. The number of carbonyl (C=O) groups excluding carboxylic acids is 1. The normalized spacial score (nSPS) is 10.4. The molecule has 3 aromatic rings. The van der Waals surface area contributed by atoms with Gasteiger partial charge in [0.05, 0.1) is 0 Å². The fraction of sp³-hybridized carbons (Fsp3) is 0.190. The monoisotopic (exact) mass is 346 g/mol. The highest BCUT2D eigenvalue weighted by Crippen LogP contribution is 2.15. The molecule has 2 N–H and O–H groups in total. The summed E-state index contributed by atoms with van der Waals surface area (Å²) < 4.78 is 0. The Morgan fingerprint density at radius 2 is 1.77 bits per heavy atom. The topological polar surface area (TPSA) is 66.9 Å². The third-order valence-corrected chi connectivity index (χ3v) is 4.06. The molecule has 0 atom stereocenters. The summed E-state index contributed by atoms with van der Waals surface area (Å²) in [5, 5.41) is 6.09. The van der Waals surface area contributed by atoms with Gasteiger partial charge in [0.1, 0.15) is 5.69 Å². The van der Waals surface area contributed by atoms with Crippen LogP contribution < -0.4 is 10.6 Å². The number of aromatic nitrogens is 2. The molecule has 0 saturated heterocycles. The second-order valence-corrected chi connectivity index (χ2v) is 6.32. The predicted molar refractivity (Wildman–Crippen MR) is 104 cm³/mol. The summed E-state index contributed by atoms with van der Waals surface area (Å²) in [5.74, 6) is 0.197. The van der Waals surface area contributed by atoms with Gasteiger partial charge in [0.15, 0.2) is 0 Å². The van der Waals surface area contributed by atoms with Gasteiger partial charge in [-0.25, -0.2) is 9.97 Å². The molecule has 132 valence electrons. The zero-order chi connectivity index (χ0) is 18.5. The molecule has 1 heterocycles. The van der Waals surface area contributed by atoms with Crippen LogP contribution in [0.25, 0.3) is 0 Å². The van der Waals surface area contributed by atoms with E-state index in [2.05, 4.69) is 20.6 Å². The van der Waals surface area contributed by atoms with Crippen LogP contribution in [0.5, 0.6) is 0 Å². The number of rotatable bonds is 5. The van der Waals surface area contributed by atoms with Crippen LogP contribution in [0, 0.1) is 20.8 Å². The van der Waals surface area contributed by atoms with Crippen LogP contribution in [0.3, 0.4) is 0 Å². The fourth-order valence-corrected chi connectivity index (χ4v) is 2.67. The third kappa shape index (κ3) is 4.45. The maximum atomic E-state index is 12.5. The Morgan fingerprint density at radius 3 is 2.54 bits per heavy atom.